The molecule has 0 bridgehead atoms. The lowest BCUT2D eigenvalue weighted by molar-refractivity contribution is -0.130. The van der Waals surface area contributed by atoms with E-state index >= 15 is 0 Å². The number of hydrogen-bond acceptors (Lipinski definition) is 5. The number of carbonyl (C=O) groups excluding carboxylic acids is 3. The van der Waals surface area contributed by atoms with Gasteiger partial charge in [-0.05, 0) is 56.2 Å². The lowest BCUT2D eigenvalue weighted by Crippen LogP contribution is -2.51. The Morgan fingerprint density at radius 2 is 1.74 bits per heavy atom. The molecular formula is C27H44N4O4. The van der Waals surface area contributed by atoms with Gasteiger partial charge in [0.1, 0.15) is 11.8 Å². The minimum Gasteiger partial charge on any atom is -0.494 e. The van der Waals surface area contributed by atoms with Gasteiger partial charge in [-0.3, -0.25) is 14.4 Å². The molecule has 35 heavy (non-hydrogen) atoms. The molecule has 0 radical (unpaired) electrons. The third-order valence-corrected chi connectivity index (χ3v) is 6.55. The minimum absolute atomic E-state index is 0.100. The van der Waals surface area contributed by atoms with Crippen LogP contribution < -0.4 is 26.4 Å². The van der Waals surface area contributed by atoms with Crippen LogP contribution in [0.5, 0.6) is 5.75 Å². The van der Waals surface area contributed by atoms with E-state index in [1.54, 1.807) is 0 Å². The molecule has 2 unspecified atom stereocenters. The quantitative estimate of drug-likeness (QED) is 0.283. The topological polar surface area (TPSA) is 123 Å². The van der Waals surface area contributed by atoms with Gasteiger partial charge in [0, 0.05) is 6.04 Å². The Labute approximate surface area is 210 Å². The van der Waals surface area contributed by atoms with Crippen molar-refractivity contribution in [3.8, 4) is 5.75 Å². The molecule has 2 rings (SSSR count). The summed E-state index contributed by atoms with van der Waals surface area (Å²) < 4.78 is 5.90. The molecule has 1 aromatic carbocycles. The molecule has 196 valence electrons. The summed E-state index contributed by atoms with van der Waals surface area (Å²) in [6, 6.07) is 7.26. The number of carbonyl (C=O) groups is 3. The first-order valence-corrected chi connectivity index (χ1v) is 13.2. The van der Waals surface area contributed by atoms with Crippen molar-refractivity contribution in [1.29, 1.82) is 0 Å². The highest BCUT2D eigenvalue weighted by Crippen LogP contribution is 2.27. The summed E-state index contributed by atoms with van der Waals surface area (Å²) in [5, 5.41) is 8.00. The van der Waals surface area contributed by atoms with Gasteiger partial charge < -0.3 is 26.4 Å². The van der Waals surface area contributed by atoms with E-state index in [1.807, 2.05) is 38.1 Å². The average Bonchev–Trinajstić information content (AvgIpc) is 2.87. The number of amides is 3. The summed E-state index contributed by atoms with van der Waals surface area (Å²) in [7, 11) is 0. The first kappa shape index (κ1) is 28.6. The number of benzene rings is 1. The van der Waals surface area contributed by atoms with Gasteiger partial charge in [0.2, 0.25) is 17.7 Å². The van der Waals surface area contributed by atoms with Gasteiger partial charge in [-0.25, -0.2) is 0 Å². The second-order valence-electron chi connectivity index (χ2n) is 9.62. The third kappa shape index (κ3) is 11.6. The lowest BCUT2D eigenvalue weighted by Gasteiger charge is -2.21. The minimum atomic E-state index is -0.659. The van der Waals surface area contributed by atoms with Gasteiger partial charge in [-0.15, -0.1) is 0 Å². The second-order valence-corrected chi connectivity index (χ2v) is 9.62. The fraction of sp³-hybridized carbons (Fsp3) is 0.667. The van der Waals surface area contributed by atoms with Gasteiger partial charge in [-0.2, -0.15) is 0 Å². The molecule has 5 N–H and O–H groups in total. The van der Waals surface area contributed by atoms with Crippen molar-refractivity contribution in [1.82, 2.24) is 16.0 Å². The summed E-state index contributed by atoms with van der Waals surface area (Å²) in [4.78, 5) is 35.7. The molecule has 1 fully saturated rings. The monoisotopic (exact) mass is 488 g/mol. The van der Waals surface area contributed by atoms with Crippen molar-refractivity contribution in [3.63, 3.8) is 0 Å². The number of unbranched alkanes of at least 4 members (excludes halogenated alkanes) is 1. The van der Waals surface area contributed by atoms with Gasteiger partial charge in [0.25, 0.3) is 0 Å². The fourth-order valence-corrected chi connectivity index (χ4v) is 4.52. The van der Waals surface area contributed by atoms with Crippen molar-refractivity contribution >= 4 is 17.7 Å². The maximum Gasteiger partial charge on any atom is 0.242 e. The van der Waals surface area contributed by atoms with Crippen LogP contribution in [0.1, 0.15) is 77.2 Å². The molecule has 8 nitrogen and oxygen atoms in total. The van der Waals surface area contributed by atoms with E-state index in [-0.39, 0.29) is 25.0 Å². The molecule has 0 aliphatic heterocycles. The average molecular weight is 489 g/mol. The molecule has 1 aliphatic carbocycles. The van der Waals surface area contributed by atoms with Crippen molar-refractivity contribution in [2.24, 2.45) is 11.7 Å². The van der Waals surface area contributed by atoms with E-state index in [1.165, 1.54) is 44.9 Å². The number of ether oxygens (including phenoxy) is 1. The SMILES string of the molecule is CCC(NC(=O)CNC(=O)CN)C(=O)NC(C)Cc1ccc(OCCCCC2CCCCC2)cc1. The highest BCUT2D eigenvalue weighted by Gasteiger charge is 2.20. The predicted octanol–water partition coefficient (Wildman–Crippen LogP) is 2.83. The molecule has 2 atom stereocenters. The Morgan fingerprint density at radius 1 is 1.03 bits per heavy atom. The van der Waals surface area contributed by atoms with Crippen LogP contribution in [0.2, 0.25) is 0 Å². The molecule has 8 heteroatoms. The van der Waals surface area contributed by atoms with Crippen LogP contribution in [-0.4, -0.2) is 49.5 Å². The van der Waals surface area contributed by atoms with Crippen LogP contribution in [0.3, 0.4) is 0 Å². The van der Waals surface area contributed by atoms with Gasteiger partial charge in [-0.1, -0.05) is 57.6 Å². The molecule has 0 aromatic heterocycles. The maximum atomic E-state index is 12.6. The molecular weight excluding hydrogens is 444 g/mol. The summed E-state index contributed by atoms with van der Waals surface area (Å²) >= 11 is 0. The van der Waals surface area contributed by atoms with Gasteiger partial charge in [0.15, 0.2) is 0 Å². The zero-order valence-electron chi connectivity index (χ0n) is 21.4. The summed E-state index contributed by atoms with van der Waals surface area (Å²) in [5.41, 5.74) is 6.30. The maximum absolute atomic E-state index is 12.6. The van der Waals surface area contributed by atoms with E-state index in [9.17, 15) is 14.4 Å². The predicted molar refractivity (Wildman–Crippen MR) is 138 cm³/mol. The molecule has 1 saturated carbocycles. The first-order chi connectivity index (χ1) is 16.9. The van der Waals surface area contributed by atoms with Crippen LogP contribution in [0.25, 0.3) is 0 Å². The molecule has 1 aliphatic rings. The van der Waals surface area contributed by atoms with Crippen LogP contribution >= 0.6 is 0 Å². The van der Waals surface area contributed by atoms with Crippen LogP contribution in [-0.2, 0) is 20.8 Å². The Hall–Kier alpha value is -2.61. The largest absolute Gasteiger partial charge is 0.494 e. The van der Waals surface area contributed by atoms with E-state index in [2.05, 4.69) is 16.0 Å². The molecule has 0 heterocycles. The molecule has 0 saturated heterocycles. The fourth-order valence-electron chi connectivity index (χ4n) is 4.52. The zero-order valence-corrected chi connectivity index (χ0v) is 21.4. The van der Waals surface area contributed by atoms with E-state index in [0.29, 0.717) is 12.8 Å². The van der Waals surface area contributed by atoms with Crippen LogP contribution in [0.4, 0.5) is 0 Å². The number of rotatable bonds is 15. The third-order valence-electron chi connectivity index (χ3n) is 6.55. The standard InChI is InChI=1S/C27H44N4O4/c1-3-24(31-26(33)19-29-25(32)18-28)27(34)30-20(2)17-22-12-14-23(15-13-22)35-16-8-7-11-21-9-5-4-6-10-21/h12-15,20-21,24H,3-11,16-19,28H2,1-2H3,(H,29,32)(H,30,34)(H,31,33). The first-order valence-electron chi connectivity index (χ1n) is 13.2. The number of hydrogen-bond donors (Lipinski definition) is 4. The van der Waals surface area contributed by atoms with E-state index in [4.69, 9.17) is 10.5 Å². The second kappa shape index (κ2) is 16.1. The van der Waals surface area contributed by atoms with Gasteiger partial charge >= 0.3 is 0 Å². The van der Waals surface area contributed by atoms with Crippen LogP contribution in [0.15, 0.2) is 24.3 Å². The van der Waals surface area contributed by atoms with Crippen molar-refractivity contribution in [3.05, 3.63) is 29.8 Å². The summed E-state index contributed by atoms with van der Waals surface area (Å²) in [5.74, 6) is 0.715. The highest BCUT2D eigenvalue weighted by atomic mass is 16.5. The molecule has 1 aromatic rings. The Bertz CT molecular complexity index is 778. The summed E-state index contributed by atoms with van der Waals surface area (Å²) in [6.07, 6.45) is 11.8. The smallest absolute Gasteiger partial charge is 0.242 e. The van der Waals surface area contributed by atoms with Crippen molar-refractivity contribution in [2.75, 3.05) is 19.7 Å². The lowest BCUT2D eigenvalue weighted by atomic mass is 9.86. The Morgan fingerprint density at radius 3 is 2.40 bits per heavy atom. The Balaban J connectivity index is 1.66. The zero-order chi connectivity index (χ0) is 25.5. The van der Waals surface area contributed by atoms with E-state index in [0.717, 1.165) is 30.3 Å². The number of nitrogens with one attached hydrogen (secondary N) is 3. The van der Waals surface area contributed by atoms with Gasteiger partial charge in [0.05, 0.1) is 19.7 Å². The van der Waals surface area contributed by atoms with Crippen molar-refractivity contribution in [2.45, 2.75) is 90.1 Å². The van der Waals surface area contributed by atoms with Crippen molar-refractivity contribution < 1.29 is 19.1 Å². The molecule has 0 spiro atoms. The van der Waals surface area contributed by atoms with Crippen LogP contribution in [0, 0.1) is 5.92 Å². The normalized spacial score (nSPS) is 15.6. The Kier molecular flexibility index (Phi) is 13.2. The summed E-state index contributed by atoms with van der Waals surface area (Å²) in [6.45, 7) is 4.12. The van der Waals surface area contributed by atoms with E-state index < -0.39 is 17.9 Å². The highest BCUT2D eigenvalue weighted by molar-refractivity contribution is 5.90. The number of nitrogens with two attached hydrogens (primary N) is 1. The molecule has 3 amide bonds.